The van der Waals surface area contributed by atoms with Crippen molar-refractivity contribution in [3.8, 4) is 0 Å². The lowest BCUT2D eigenvalue weighted by Crippen LogP contribution is -2.76. The first kappa shape index (κ1) is 19.5. The fraction of sp³-hybridized carbons (Fsp3) is 0.700. The third-order valence-corrected chi connectivity index (χ3v) is 10.8. The molecule has 1 aromatic rings. The minimum absolute atomic E-state index is 0.0451. The Kier molecular flexibility index (Phi) is 5.00. The molecule has 27 heavy (non-hydrogen) atoms. The van der Waals surface area contributed by atoms with Crippen LogP contribution in [0.1, 0.15) is 26.3 Å². The van der Waals surface area contributed by atoms with E-state index in [-0.39, 0.29) is 17.2 Å². The van der Waals surface area contributed by atoms with Crippen molar-refractivity contribution in [1.29, 1.82) is 0 Å². The van der Waals surface area contributed by atoms with Gasteiger partial charge in [0.05, 0.1) is 6.61 Å². The first-order valence-electron chi connectivity index (χ1n) is 9.65. The molecule has 7 heteroatoms. The summed E-state index contributed by atoms with van der Waals surface area (Å²) in [7, 11) is -2.08. The normalized spacial score (nSPS) is 38.4. The Morgan fingerprint density at radius 2 is 1.56 bits per heavy atom. The highest BCUT2D eigenvalue weighted by atomic mass is 28.4. The van der Waals surface area contributed by atoms with Gasteiger partial charge >= 0.3 is 0 Å². The molecule has 1 saturated carbocycles. The van der Waals surface area contributed by atoms with Crippen LogP contribution in [0.2, 0.25) is 18.1 Å². The Hall–Kier alpha value is -0.803. The number of hydrogen-bond acceptors (Lipinski definition) is 6. The van der Waals surface area contributed by atoms with Crippen LogP contribution >= 0.6 is 0 Å². The second kappa shape index (κ2) is 6.91. The first-order chi connectivity index (χ1) is 12.7. The van der Waals surface area contributed by atoms with Gasteiger partial charge in [0.2, 0.25) is 0 Å². The van der Waals surface area contributed by atoms with Crippen molar-refractivity contribution in [1.82, 2.24) is 0 Å². The van der Waals surface area contributed by atoms with Gasteiger partial charge in [0.25, 0.3) is 6.48 Å². The summed E-state index contributed by atoms with van der Waals surface area (Å²) >= 11 is 0. The van der Waals surface area contributed by atoms with Gasteiger partial charge in [-0.3, -0.25) is 0 Å². The van der Waals surface area contributed by atoms with E-state index in [4.69, 9.17) is 23.4 Å². The summed E-state index contributed by atoms with van der Waals surface area (Å²) in [5, 5.41) is 10.9. The molecule has 0 spiro atoms. The fourth-order valence-corrected chi connectivity index (χ4v) is 5.00. The van der Waals surface area contributed by atoms with E-state index in [0.717, 1.165) is 5.56 Å². The zero-order chi connectivity index (χ0) is 19.4. The predicted molar refractivity (Wildman–Crippen MR) is 102 cm³/mol. The van der Waals surface area contributed by atoms with Crippen molar-refractivity contribution in [3.63, 3.8) is 0 Å². The second-order valence-electron chi connectivity index (χ2n) is 9.19. The van der Waals surface area contributed by atoms with Crippen molar-refractivity contribution in [2.45, 2.75) is 88.6 Å². The van der Waals surface area contributed by atoms with Crippen molar-refractivity contribution >= 4 is 8.32 Å². The molecule has 3 heterocycles. The molecule has 5 rings (SSSR count). The quantitative estimate of drug-likeness (QED) is 0.775. The molecule has 0 amide bonds. The van der Waals surface area contributed by atoms with E-state index < -0.39 is 39.2 Å². The lowest BCUT2D eigenvalue weighted by atomic mass is 9.82. The molecule has 7 unspecified atom stereocenters. The third kappa shape index (κ3) is 3.50. The van der Waals surface area contributed by atoms with Crippen LogP contribution in [0.4, 0.5) is 0 Å². The Labute approximate surface area is 161 Å². The summed E-state index contributed by atoms with van der Waals surface area (Å²) in [4.78, 5) is 0. The van der Waals surface area contributed by atoms with Gasteiger partial charge < -0.3 is 28.5 Å². The van der Waals surface area contributed by atoms with Gasteiger partial charge in [0.1, 0.15) is 36.6 Å². The first-order valence-corrected chi connectivity index (χ1v) is 12.6. The van der Waals surface area contributed by atoms with Gasteiger partial charge in [0.15, 0.2) is 8.32 Å². The summed E-state index contributed by atoms with van der Waals surface area (Å²) < 4.78 is 30.2. The van der Waals surface area contributed by atoms with E-state index in [9.17, 15) is 5.11 Å². The van der Waals surface area contributed by atoms with Crippen LogP contribution < -0.4 is 0 Å². The Bertz CT molecular complexity index is 660. The van der Waals surface area contributed by atoms with Gasteiger partial charge in [-0.15, -0.1) is 0 Å². The molecular weight excluding hydrogens is 364 g/mol. The zero-order valence-corrected chi connectivity index (χ0v) is 17.6. The molecule has 3 saturated heterocycles. The van der Waals surface area contributed by atoms with Crippen LogP contribution in [0.25, 0.3) is 0 Å². The predicted octanol–water partition coefficient (Wildman–Crippen LogP) is 2.80. The van der Waals surface area contributed by atoms with Gasteiger partial charge in [0, 0.05) is 0 Å². The molecule has 3 aliphatic heterocycles. The zero-order valence-electron chi connectivity index (χ0n) is 16.6. The summed E-state index contributed by atoms with van der Waals surface area (Å²) in [6, 6.07) is 9.97. The number of hydrogen-bond donors (Lipinski definition) is 1. The fourth-order valence-electron chi connectivity index (χ4n) is 3.70. The van der Waals surface area contributed by atoms with E-state index in [1.807, 2.05) is 30.3 Å². The molecule has 7 atom stereocenters. The number of rotatable bonds is 5. The summed E-state index contributed by atoms with van der Waals surface area (Å²) in [5.74, 6) is 0. The minimum atomic E-state index is -2.08. The largest absolute Gasteiger partial charge is 0.408 e. The lowest BCUT2D eigenvalue weighted by molar-refractivity contribution is -0.482. The maximum Gasteiger partial charge on any atom is 0.272 e. The number of aliphatic hydroxyl groups is 1. The van der Waals surface area contributed by atoms with Crippen molar-refractivity contribution in [3.05, 3.63) is 35.9 Å². The van der Waals surface area contributed by atoms with Crippen LogP contribution in [-0.4, -0.2) is 56.5 Å². The van der Waals surface area contributed by atoms with Gasteiger partial charge in [-0.2, -0.15) is 0 Å². The average Bonchev–Trinajstić information content (AvgIpc) is 2.60. The van der Waals surface area contributed by atoms with Crippen LogP contribution in [-0.2, 0) is 30.0 Å². The van der Waals surface area contributed by atoms with Gasteiger partial charge in [-0.25, -0.2) is 0 Å². The Morgan fingerprint density at radius 3 is 2.19 bits per heavy atom. The molecule has 6 nitrogen and oxygen atoms in total. The molecule has 1 N–H and O–H groups in total. The highest BCUT2D eigenvalue weighted by molar-refractivity contribution is 6.74. The van der Waals surface area contributed by atoms with Crippen LogP contribution in [0.15, 0.2) is 30.3 Å². The average molecular weight is 395 g/mol. The standard InChI is InChI=1S/C20H30O6Si/c1-20(2,3)27(4,5)26-18-15-13(21)14-16(17(18)25-19(23-14)24-15)22-11-12-9-7-6-8-10-12/h6-10,13-19,21H,11H2,1-5H3. The van der Waals surface area contributed by atoms with E-state index in [1.54, 1.807) is 0 Å². The minimum Gasteiger partial charge on any atom is -0.408 e. The van der Waals surface area contributed by atoms with E-state index in [0.29, 0.717) is 6.61 Å². The molecular formula is C20H30O6Si. The Balaban J connectivity index is 1.54. The number of benzene rings is 1. The van der Waals surface area contributed by atoms with E-state index in [2.05, 4.69) is 33.9 Å². The highest BCUT2D eigenvalue weighted by Crippen LogP contribution is 2.46. The second-order valence-corrected chi connectivity index (χ2v) is 13.9. The van der Waals surface area contributed by atoms with E-state index >= 15 is 0 Å². The van der Waals surface area contributed by atoms with Crippen molar-refractivity contribution in [2.24, 2.45) is 0 Å². The smallest absolute Gasteiger partial charge is 0.272 e. The molecule has 1 aliphatic carbocycles. The molecule has 4 fully saturated rings. The van der Waals surface area contributed by atoms with Crippen LogP contribution in [0.3, 0.4) is 0 Å². The highest BCUT2D eigenvalue weighted by Gasteiger charge is 2.63. The molecule has 4 bridgehead atoms. The lowest BCUT2D eigenvalue weighted by Gasteiger charge is -2.59. The number of ether oxygens (including phenoxy) is 4. The van der Waals surface area contributed by atoms with Crippen LogP contribution in [0, 0.1) is 0 Å². The summed E-state index contributed by atoms with van der Waals surface area (Å²) in [6.07, 6.45) is -2.77. The molecule has 150 valence electrons. The SMILES string of the molecule is CC(C)(C)[Si](C)(C)OC1C2OC3OC(C2O)C(OCc2ccccc2)C1O3. The maximum absolute atomic E-state index is 10.8. The Morgan fingerprint density at radius 1 is 0.963 bits per heavy atom. The molecule has 4 aliphatic rings. The third-order valence-electron chi connectivity index (χ3n) is 6.30. The number of aliphatic hydroxyl groups excluding tert-OH is 1. The van der Waals surface area contributed by atoms with Crippen molar-refractivity contribution < 1.29 is 28.5 Å². The monoisotopic (exact) mass is 394 g/mol. The molecule has 0 aromatic heterocycles. The summed E-state index contributed by atoms with van der Waals surface area (Å²) in [6.45, 7) is 10.7. The topological polar surface area (TPSA) is 66.4 Å². The maximum atomic E-state index is 10.8. The summed E-state index contributed by atoms with van der Waals surface area (Å²) in [5.41, 5.74) is 1.07. The van der Waals surface area contributed by atoms with Gasteiger partial charge in [-0.1, -0.05) is 51.1 Å². The van der Waals surface area contributed by atoms with Crippen molar-refractivity contribution in [2.75, 3.05) is 0 Å². The molecule has 0 radical (unpaired) electrons. The molecule has 1 aromatic carbocycles. The van der Waals surface area contributed by atoms with Gasteiger partial charge in [-0.05, 0) is 23.7 Å². The van der Waals surface area contributed by atoms with Crippen LogP contribution in [0.5, 0.6) is 0 Å². The van der Waals surface area contributed by atoms with E-state index in [1.165, 1.54) is 0 Å².